The van der Waals surface area contributed by atoms with Crippen molar-refractivity contribution in [1.82, 2.24) is 0 Å². The van der Waals surface area contributed by atoms with Gasteiger partial charge in [-0.05, 0) is 56.3 Å². The Bertz CT molecular complexity index is 904. The lowest BCUT2D eigenvalue weighted by atomic mass is 9.23. The van der Waals surface area contributed by atoms with Crippen LogP contribution in [0.4, 0.5) is 0 Å². The number of aliphatic hydroxyl groups is 2. The molecule has 8 fully saturated rings. The molecule has 6 nitrogen and oxygen atoms in total. The van der Waals surface area contributed by atoms with Gasteiger partial charge in [0.05, 0.1) is 24.2 Å². The Labute approximate surface area is 176 Å². The number of Topliss-reactive ketones (excluding diaryl/α,β-unsaturated/α-hetero) is 1. The van der Waals surface area contributed by atoms with E-state index >= 15 is 0 Å². The Morgan fingerprint density at radius 3 is 2.70 bits per heavy atom. The molecule has 8 rings (SSSR count). The number of ether oxygens (including phenoxy) is 3. The van der Waals surface area contributed by atoms with Gasteiger partial charge in [0.2, 0.25) is 5.79 Å². The third kappa shape index (κ3) is 1.57. The van der Waals surface area contributed by atoms with E-state index in [4.69, 9.17) is 14.2 Å². The molecule has 8 aliphatic rings. The van der Waals surface area contributed by atoms with Crippen molar-refractivity contribution in [2.24, 2.45) is 45.8 Å². The van der Waals surface area contributed by atoms with Crippen LogP contribution in [0.3, 0.4) is 0 Å². The molecule has 5 aliphatic carbocycles. The zero-order valence-corrected chi connectivity index (χ0v) is 18.2. The second-order valence-electron chi connectivity index (χ2n) is 12.4. The minimum absolute atomic E-state index is 0.0409. The average molecular weight is 417 g/mol. The Morgan fingerprint density at radius 2 is 2.00 bits per heavy atom. The lowest BCUT2D eigenvalue weighted by Gasteiger charge is -2.83. The van der Waals surface area contributed by atoms with Crippen LogP contribution in [0.2, 0.25) is 0 Å². The van der Waals surface area contributed by atoms with Crippen molar-refractivity contribution >= 4 is 5.78 Å². The Hall–Kier alpha value is -0.790. The van der Waals surface area contributed by atoms with Gasteiger partial charge in [-0.2, -0.15) is 0 Å². The minimum atomic E-state index is -1.53. The van der Waals surface area contributed by atoms with Gasteiger partial charge in [0.15, 0.2) is 11.6 Å². The first-order chi connectivity index (χ1) is 13.9. The largest absolute Gasteiger partial charge is 0.387 e. The van der Waals surface area contributed by atoms with Crippen molar-refractivity contribution in [3.8, 4) is 0 Å². The highest BCUT2D eigenvalue weighted by Gasteiger charge is 2.94. The number of rotatable bonds is 2. The molecular formula is C24H32O6. The highest BCUT2D eigenvalue weighted by molar-refractivity contribution is 6.01. The van der Waals surface area contributed by atoms with Gasteiger partial charge >= 0.3 is 0 Å². The topological polar surface area (TPSA) is 88.5 Å². The summed E-state index contributed by atoms with van der Waals surface area (Å²) in [6, 6.07) is 0. The first-order valence-corrected chi connectivity index (χ1v) is 11.6. The molecular weight excluding hydrogens is 384 g/mol. The molecule has 164 valence electrons. The molecule has 2 spiro atoms. The van der Waals surface area contributed by atoms with Crippen LogP contribution in [-0.2, 0) is 19.0 Å². The van der Waals surface area contributed by atoms with Gasteiger partial charge in [-0.15, -0.1) is 0 Å². The van der Waals surface area contributed by atoms with Crippen LogP contribution in [0.15, 0.2) is 12.2 Å². The third-order valence-corrected chi connectivity index (χ3v) is 10.3. The summed E-state index contributed by atoms with van der Waals surface area (Å²) < 4.78 is 19.0. The van der Waals surface area contributed by atoms with Gasteiger partial charge in [0.1, 0.15) is 6.10 Å². The van der Waals surface area contributed by atoms with Crippen molar-refractivity contribution in [2.75, 3.05) is 6.61 Å². The van der Waals surface area contributed by atoms with E-state index in [0.29, 0.717) is 6.61 Å². The summed E-state index contributed by atoms with van der Waals surface area (Å²) in [6.07, 6.45) is 2.04. The second kappa shape index (κ2) is 4.76. The maximum atomic E-state index is 13.9. The number of hydrogen-bond donors (Lipinski definition) is 2. The Balaban J connectivity index is 1.49. The first kappa shape index (κ1) is 18.8. The minimum Gasteiger partial charge on any atom is -0.387 e. The average Bonchev–Trinajstić information content (AvgIpc) is 3.38. The summed E-state index contributed by atoms with van der Waals surface area (Å²) in [6.45, 7) is 12.2. The zero-order valence-electron chi connectivity index (χ0n) is 18.2. The van der Waals surface area contributed by atoms with Crippen molar-refractivity contribution in [2.45, 2.75) is 76.8 Å². The molecule has 5 saturated carbocycles. The van der Waals surface area contributed by atoms with E-state index in [1.165, 1.54) is 0 Å². The highest BCUT2D eigenvalue weighted by atomic mass is 16.8. The van der Waals surface area contributed by atoms with Crippen LogP contribution in [0.1, 0.15) is 47.0 Å². The lowest BCUT2D eigenvalue weighted by molar-refractivity contribution is -0.501. The Morgan fingerprint density at radius 1 is 1.27 bits per heavy atom. The summed E-state index contributed by atoms with van der Waals surface area (Å²) in [7, 11) is 0. The molecule has 1 unspecified atom stereocenters. The molecule has 3 saturated heterocycles. The van der Waals surface area contributed by atoms with Crippen LogP contribution >= 0.6 is 0 Å². The second-order valence-corrected chi connectivity index (χ2v) is 12.4. The predicted molar refractivity (Wildman–Crippen MR) is 105 cm³/mol. The van der Waals surface area contributed by atoms with Crippen LogP contribution in [-0.4, -0.2) is 52.5 Å². The van der Waals surface area contributed by atoms with Crippen molar-refractivity contribution in [3.63, 3.8) is 0 Å². The smallest absolute Gasteiger partial charge is 0.211 e. The van der Waals surface area contributed by atoms with Gasteiger partial charge in [-0.3, -0.25) is 4.79 Å². The van der Waals surface area contributed by atoms with E-state index in [1.807, 2.05) is 0 Å². The van der Waals surface area contributed by atoms with Crippen molar-refractivity contribution in [1.29, 1.82) is 0 Å². The quantitative estimate of drug-likeness (QED) is 0.407. The molecule has 2 N–H and O–H groups in total. The van der Waals surface area contributed by atoms with Crippen LogP contribution < -0.4 is 0 Å². The summed E-state index contributed by atoms with van der Waals surface area (Å²) in [5, 5.41) is 22.8. The third-order valence-electron chi connectivity index (χ3n) is 10.3. The molecule has 0 radical (unpaired) electrons. The predicted octanol–water partition coefficient (Wildman–Crippen LogP) is 2.03. The molecule has 0 aromatic carbocycles. The molecule has 3 aliphatic heterocycles. The number of allylic oxidation sites excluding steroid dienone is 1. The van der Waals surface area contributed by atoms with Crippen molar-refractivity contribution < 1.29 is 29.2 Å². The van der Waals surface area contributed by atoms with Gasteiger partial charge in [0, 0.05) is 17.3 Å². The number of hydrogen-bond acceptors (Lipinski definition) is 6. The number of carbonyl (C=O) groups excluding carboxylic acids is 1. The van der Waals surface area contributed by atoms with E-state index < -0.39 is 23.1 Å². The molecule has 2 bridgehead atoms. The number of epoxide rings is 1. The monoisotopic (exact) mass is 416 g/mol. The van der Waals surface area contributed by atoms with E-state index in [2.05, 4.69) is 20.4 Å². The number of ketones is 1. The fourth-order valence-corrected chi connectivity index (χ4v) is 9.90. The molecule has 30 heavy (non-hydrogen) atoms. The molecule has 11 atom stereocenters. The van der Waals surface area contributed by atoms with Crippen LogP contribution in [0, 0.1) is 45.8 Å². The Kier molecular flexibility index (Phi) is 2.98. The number of aliphatic hydroxyl groups excluding tert-OH is 1. The van der Waals surface area contributed by atoms with Gasteiger partial charge in [-0.25, -0.2) is 0 Å². The van der Waals surface area contributed by atoms with E-state index in [0.717, 1.165) is 24.8 Å². The number of fused-ring (bicyclic) bond motifs is 2. The van der Waals surface area contributed by atoms with Gasteiger partial charge < -0.3 is 24.4 Å². The molecule has 0 amide bonds. The maximum absolute atomic E-state index is 13.9. The molecule has 0 aromatic rings. The standard InChI is InChI=1S/C24H32O6/c1-10-11-6-7-13-22-9-28-24(30-21(4,5)27,23(13)15(11)14(10)17(23)25)18(26)16(22)20(2,3)8-12-19(22)29-12/h11-16,18-19,26-27H,1,6-9H2,2-5H3/t11-,12+,13-,14?,15-,16+,18-,19+,22-,23+,24-/m0/s1. The normalized spacial score (nSPS) is 61.1. The van der Waals surface area contributed by atoms with Crippen molar-refractivity contribution in [3.05, 3.63) is 12.2 Å². The summed E-state index contributed by atoms with van der Waals surface area (Å²) >= 11 is 0. The van der Waals surface area contributed by atoms with Gasteiger partial charge in [0.25, 0.3) is 0 Å². The van der Waals surface area contributed by atoms with Crippen LogP contribution in [0.25, 0.3) is 0 Å². The SMILES string of the molecule is C=C1C2C(=O)[C@]34[C@H]2[C@H]1CC[C@H]3[C@@]12CO[C@]4(OC(C)(C)O)[C@@H](O)[C@@H]1C(C)(C)C[C@H]1O[C@H]12. The fourth-order valence-electron chi connectivity index (χ4n) is 9.90. The molecule has 3 heterocycles. The maximum Gasteiger partial charge on any atom is 0.211 e. The molecule has 6 heteroatoms. The fraction of sp³-hybridized carbons (Fsp3) is 0.875. The van der Waals surface area contributed by atoms with E-state index in [9.17, 15) is 15.0 Å². The highest BCUT2D eigenvalue weighted by Crippen LogP contribution is 2.85. The molecule has 0 aromatic heterocycles. The van der Waals surface area contributed by atoms with E-state index in [-0.39, 0.29) is 58.4 Å². The number of carbonyl (C=O) groups is 1. The zero-order chi connectivity index (χ0) is 21.2. The van der Waals surface area contributed by atoms with Gasteiger partial charge in [-0.1, -0.05) is 26.0 Å². The lowest BCUT2D eigenvalue weighted by Crippen LogP contribution is -2.92. The first-order valence-electron chi connectivity index (χ1n) is 11.6. The summed E-state index contributed by atoms with van der Waals surface area (Å²) in [4.78, 5) is 13.9. The summed E-state index contributed by atoms with van der Waals surface area (Å²) in [5.74, 6) is -2.77. The summed E-state index contributed by atoms with van der Waals surface area (Å²) in [5.41, 5.74) is -0.427. The van der Waals surface area contributed by atoms with Crippen LogP contribution in [0.5, 0.6) is 0 Å². The van der Waals surface area contributed by atoms with E-state index in [1.54, 1.807) is 13.8 Å².